The quantitative estimate of drug-likeness (QED) is 0.588. The summed E-state index contributed by atoms with van der Waals surface area (Å²) in [6, 6.07) is 1.69. The molecule has 0 aliphatic carbocycles. The summed E-state index contributed by atoms with van der Waals surface area (Å²) in [5, 5.41) is 8.53. The average Bonchev–Trinajstić information content (AvgIpc) is 2.07. The Morgan fingerprint density at radius 2 is 2.50 bits per heavy atom. The predicted octanol–water partition coefficient (Wildman–Crippen LogP) is -1.10. The Kier molecular flexibility index (Phi) is 2.82. The van der Waals surface area contributed by atoms with E-state index in [1.54, 1.807) is 16.8 Å². The summed E-state index contributed by atoms with van der Waals surface area (Å²) >= 11 is 0. The van der Waals surface area contributed by atoms with Gasteiger partial charge in [-0.3, -0.25) is 0 Å². The lowest BCUT2D eigenvalue weighted by atomic mass is 10.6. The number of hydrogen-bond donors (Lipinski definition) is 2. The molecule has 0 saturated heterocycles. The van der Waals surface area contributed by atoms with Gasteiger partial charge in [-0.25, -0.2) is 4.99 Å². The van der Waals surface area contributed by atoms with Crippen LogP contribution in [0.4, 0.5) is 5.82 Å². The summed E-state index contributed by atoms with van der Waals surface area (Å²) < 4.78 is 1.74. The molecule has 1 aromatic rings. The smallest absolute Gasteiger partial charge is 0.226 e. The van der Waals surface area contributed by atoms with E-state index in [4.69, 9.17) is 10.8 Å². The predicted molar refractivity (Wildman–Crippen MR) is 45.1 cm³/mol. The molecule has 1 aromatic heterocycles. The maximum atomic E-state index is 8.53. The number of rotatable bonds is 2. The first-order valence-corrected chi connectivity index (χ1v) is 3.64. The monoisotopic (exact) mass is 168 g/mol. The third-order valence-corrected chi connectivity index (χ3v) is 1.37. The second-order valence-electron chi connectivity index (χ2n) is 2.37. The fourth-order valence-electron chi connectivity index (χ4n) is 0.783. The molecule has 12 heavy (non-hydrogen) atoms. The Morgan fingerprint density at radius 1 is 1.75 bits per heavy atom. The first-order valence-electron chi connectivity index (χ1n) is 3.64. The van der Waals surface area contributed by atoms with Crippen molar-refractivity contribution in [3.05, 3.63) is 17.9 Å². The maximum Gasteiger partial charge on any atom is 0.226 e. The molecular formula is C7H12N4O. The highest BCUT2D eigenvalue weighted by Crippen LogP contribution is 1.86. The van der Waals surface area contributed by atoms with Gasteiger partial charge in [-0.1, -0.05) is 0 Å². The van der Waals surface area contributed by atoms with Gasteiger partial charge in [0, 0.05) is 13.2 Å². The zero-order valence-electron chi connectivity index (χ0n) is 6.94. The van der Waals surface area contributed by atoms with Gasteiger partial charge >= 0.3 is 0 Å². The first kappa shape index (κ1) is 8.73. The Labute approximate surface area is 70.2 Å². The van der Waals surface area contributed by atoms with Crippen molar-refractivity contribution in [2.24, 2.45) is 12.0 Å². The van der Waals surface area contributed by atoms with Crippen molar-refractivity contribution in [1.82, 2.24) is 9.55 Å². The fourth-order valence-corrected chi connectivity index (χ4v) is 0.783. The Hall–Kier alpha value is -1.36. The van der Waals surface area contributed by atoms with Crippen LogP contribution in [-0.2, 0) is 7.05 Å². The fraction of sp³-hybridized carbons (Fsp3) is 0.429. The summed E-state index contributed by atoms with van der Waals surface area (Å²) in [4.78, 5) is 7.98. The molecule has 0 saturated carbocycles. The largest absolute Gasteiger partial charge is 0.394 e. The summed E-state index contributed by atoms with van der Waals surface area (Å²) in [6.45, 7) is 0.376. The SMILES string of the molecule is Cn1ccc(N)nc1=NCCO. The van der Waals surface area contributed by atoms with Crippen molar-refractivity contribution in [2.75, 3.05) is 18.9 Å². The minimum Gasteiger partial charge on any atom is -0.394 e. The molecule has 0 unspecified atom stereocenters. The van der Waals surface area contributed by atoms with Crippen LogP contribution in [0.5, 0.6) is 0 Å². The van der Waals surface area contributed by atoms with Crippen molar-refractivity contribution in [1.29, 1.82) is 0 Å². The van der Waals surface area contributed by atoms with E-state index < -0.39 is 0 Å². The van der Waals surface area contributed by atoms with Crippen LogP contribution in [0, 0.1) is 0 Å². The van der Waals surface area contributed by atoms with Gasteiger partial charge in [-0.15, -0.1) is 0 Å². The third-order valence-electron chi connectivity index (χ3n) is 1.37. The van der Waals surface area contributed by atoms with E-state index in [0.29, 0.717) is 18.0 Å². The summed E-state index contributed by atoms with van der Waals surface area (Å²) in [5.74, 6) is 0.435. The highest BCUT2D eigenvalue weighted by Gasteiger charge is 1.89. The number of aliphatic hydroxyl groups is 1. The molecule has 66 valence electrons. The van der Waals surface area contributed by atoms with Gasteiger partial charge in [-0.05, 0) is 6.07 Å². The molecule has 3 N–H and O–H groups in total. The number of aliphatic hydroxyl groups excluding tert-OH is 1. The van der Waals surface area contributed by atoms with Crippen LogP contribution < -0.4 is 11.4 Å². The van der Waals surface area contributed by atoms with E-state index in [2.05, 4.69) is 9.98 Å². The molecule has 0 atom stereocenters. The Morgan fingerprint density at radius 3 is 3.17 bits per heavy atom. The van der Waals surface area contributed by atoms with E-state index in [-0.39, 0.29) is 6.61 Å². The van der Waals surface area contributed by atoms with E-state index in [1.807, 2.05) is 7.05 Å². The number of hydrogen-bond acceptors (Lipinski definition) is 4. The first-order chi connectivity index (χ1) is 5.74. The van der Waals surface area contributed by atoms with E-state index in [9.17, 15) is 0 Å². The molecule has 0 radical (unpaired) electrons. The highest BCUT2D eigenvalue weighted by atomic mass is 16.3. The van der Waals surface area contributed by atoms with Gasteiger partial charge in [0.25, 0.3) is 0 Å². The van der Waals surface area contributed by atoms with E-state index >= 15 is 0 Å². The second kappa shape index (κ2) is 3.87. The molecule has 1 heterocycles. The lowest BCUT2D eigenvalue weighted by Crippen LogP contribution is -2.23. The lowest BCUT2D eigenvalue weighted by molar-refractivity contribution is 0.305. The standard InChI is InChI=1S/C7H12N4O/c1-11-4-2-6(8)10-7(11)9-3-5-12/h2,4,12H,3,5H2,1H3,(H2,8,9,10). The number of aromatic nitrogens is 2. The zero-order valence-corrected chi connectivity index (χ0v) is 6.94. The van der Waals surface area contributed by atoms with Crippen LogP contribution in [-0.4, -0.2) is 27.8 Å². The third kappa shape index (κ3) is 2.06. The van der Waals surface area contributed by atoms with Gasteiger partial charge in [-0.2, -0.15) is 4.98 Å². The van der Waals surface area contributed by atoms with E-state index in [1.165, 1.54) is 0 Å². The van der Waals surface area contributed by atoms with Gasteiger partial charge < -0.3 is 15.4 Å². The van der Waals surface area contributed by atoms with Gasteiger partial charge in [0.15, 0.2) is 0 Å². The minimum absolute atomic E-state index is 0.0243. The number of anilines is 1. The normalized spacial score (nSPS) is 12.0. The van der Waals surface area contributed by atoms with Crippen LogP contribution in [0.1, 0.15) is 0 Å². The topological polar surface area (TPSA) is 76.4 Å². The number of nitrogen functional groups attached to an aromatic ring is 1. The molecule has 0 fully saturated rings. The van der Waals surface area contributed by atoms with Crippen molar-refractivity contribution in [3.63, 3.8) is 0 Å². The molecule has 1 rings (SSSR count). The number of aryl methyl sites for hydroxylation is 1. The molecule has 5 heteroatoms. The molecule has 0 aliphatic heterocycles. The van der Waals surface area contributed by atoms with Gasteiger partial charge in [0.2, 0.25) is 5.62 Å². The molecule has 5 nitrogen and oxygen atoms in total. The second-order valence-corrected chi connectivity index (χ2v) is 2.37. The van der Waals surface area contributed by atoms with Crippen molar-refractivity contribution < 1.29 is 5.11 Å². The summed E-state index contributed by atoms with van der Waals surface area (Å²) in [7, 11) is 1.82. The van der Waals surface area contributed by atoms with Crippen molar-refractivity contribution in [3.8, 4) is 0 Å². The highest BCUT2D eigenvalue weighted by molar-refractivity contribution is 5.23. The lowest BCUT2D eigenvalue weighted by Gasteiger charge is -1.98. The Balaban J connectivity index is 3.05. The van der Waals surface area contributed by atoms with Crippen LogP contribution in [0.25, 0.3) is 0 Å². The Bertz CT molecular complexity index is 317. The minimum atomic E-state index is 0.0243. The van der Waals surface area contributed by atoms with E-state index in [0.717, 1.165) is 0 Å². The summed E-state index contributed by atoms with van der Waals surface area (Å²) in [5.41, 5.74) is 5.98. The number of nitrogens with two attached hydrogens (primary N) is 1. The summed E-state index contributed by atoms with van der Waals surface area (Å²) in [6.07, 6.45) is 1.78. The van der Waals surface area contributed by atoms with Gasteiger partial charge in [0.1, 0.15) is 5.82 Å². The van der Waals surface area contributed by atoms with Crippen LogP contribution in [0.3, 0.4) is 0 Å². The molecular weight excluding hydrogens is 156 g/mol. The van der Waals surface area contributed by atoms with Crippen molar-refractivity contribution >= 4 is 5.82 Å². The molecule has 0 aromatic carbocycles. The molecule has 0 aliphatic rings. The zero-order chi connectivity index (χ0) is 8.97. The molecule has 0 spiro atoms. The van der Waals surface area contributed by atoms with Crippen LogP contribution in [0.2, 0.25) is 0 Å². The molecule has 0 amide bonds. The maximum absolute atomic E-state index is 8.53. The number of nitrogens with zero attached hydrogens (tertiary/aromatic N) is 3. The van der Waals surface area contributed by atoms with Gasteiger partial charge in [0.05, 0.1) is 13.2 Å². The van der Waals surface area contributed by atoms with Crippen LogP contribution in [0.15, 0.2) is 17.3 Å². The van der Waals surface area contributed by atoms with Crippen LogP contribution >= 0.6 is 0 Å². The van der Waals surface area contributed by atoms with Crippen molar-refractivity contribution in [2.45, 2.75) is 0 Å². The average molecular weight is 168 g/mol. The molecule has 0 bridgehead atoms.